The van der Waals surface area contributed by atoms with Crippen LogP contribution in [0.1, 0.15) is 16.8 Å². The van der Waals surface area contributed by atoms with Crippen molar-refractivity contribution in [1.29, 1.82) is 0 Å². The fourth-order valence-corrected chi connectivity index (χ4v) is 2.50. The van der Waals surface area contributed by atoms with Crippen molar-refractivity contribution in [3.8, 4) is 0 Å². The minimum Gasteiger partial charge on any atom is -0.477 e. The fraction of sp³-hybridized carbons (Fsp3) is 0.273. The molecular formula is C11H9BrN2O5. The lowest BCUT2D eigenvalue weighted by atomic mass is 10.1. The van der Waals surface area contributed by atoms with Crippen LogP contribution in [0.2, 0.25) is 0 Å². The number of benzene rings is 1. The Morgan fingerprint density at radius 2 is 2.21 bits per heavy atom. The van der Waals surface area contributed by atoms with E-state index in [1.165, 1.54) is 11.0 Å². The highest BCUT2D eigenvalue weighted by molar-refractivity contribution is 9.09. The molecule has 1 unspecified atom stereocenters. The number of hydrogen-bond donors (Lipinski definition) is 1. The predicted octanol–water partition coefficient (Wildman–Crippen LogP) is 1.79. The lowest BCUT2D eigenvalue weighted by Gasteiger charge is -2.15. The molecule has 1 N–H and O–H groups in total. The third-order valence-electron chi connectivity index (χ3n) is 2.80. The predicted molar refractivity (Wildman–Crippen MR) is 69.7 cm³/mol. The van der Waals surface area contributed by atoms with Crippen LogP contribution in [0.25, 0.3) is 0 Å². The monoisotopic (exact) mass is 328 g/mol. The standard InChI is InChI=1S/C11H9BrN2O5/c12-6-3-10(15)13(5-6)7-1-2-8(11(16)17)9(4-7)14(18)19/h1-2,4,6H,3,5H2,(H,16,17). The molecule has 0 aliphatic carbocycles. The van der Waals surface area contributed by atoms with Gasteiger partial charge in [-0.25, -0.2) is 4.79 Å². The average molecular weight is 329 g/mol. The van der Waals surface area contributed by atoms with Gasteiger partial charge in [0.2, 0.25) is 5.91 Å². The van der Waals surface area contributed by atoms with Gasteiger partial charge in [-0.1, -0.05) is 15.9 Å². The molecule has 1 saturated heterocycles. The molecule has 0 aromatic heterocycles. The number of nitro benzene ring substituents is 1. The highest BCUT2D eigenvalue weighted by Crippen LogP contribution is 2.30. The minimum absolute atomic E-state index is 0.00166. The maximum absolute atomic E-state index is 11.7. The molecule has 0 radical (unpaired) electrons. The number of anilines is 1. The van der Waals surface area contributed by atoms with Crippen molar-refractivity contribution >= 4 is 39.2 Å². The summed E-state index contributed by atoms with van der Waals surface area (Å²) in [6.07, 6.45) is 0.314. The molecule has 100 valence electrons. The highest BCUT2D eigenvalue weighted by atomic mass is 79.9. The van der Waals surface area contributed by atoms with Crippen LogP contribution in [0, 0.1) is 10.1 Å². The van der Waals surface area contributed by atoms with Gasteiger partial charge < -0.3 is 10.0 Å². The van der Waals surface area contributed by atoms with Crippen molar-refractivity contribution < 1.29 is 19.6 Å². The molecule has 1 heterocycles. The molecule has 2 rings (SSSR count). The third kappa shape index (κ3) is 2.58. The van der Waals surface area contributed by atoms with E-state index in [-0.39, 0.29) is 10.7 Å². The summed E-state index contributed by atoms with van der Waals surface area (Å²) >= 11 is 3.31. The Morgan fingerprint density at radius 3 is 2.68 bits per heavy atom. The van der Waals surface area contributed by atoms with E-state index in [4.69, 9.17) is 5.11 Å². The number of rotatable bonds is 3. The van der Waals surface area contributed by atoms with Gasteiger partial charge >= 0.3 is 5.97 Å². The first kappa shape index (κ1) is 13.5. The molecule has 1 aliphatic rings. The summed E-state index contributed by atoms with van der Waals surface area (Å²) in [5.74, 6) is -1.52. The van der Waals surface area contributed by atoms with Gasteiger partial charge in [0.05, 0.1) is 10.6 Å². The summed E-state index contributed by atoms with van der Waals surface area (Å²) in [5, 5.41) is 19.7. The zero-order chi connectivity index (χ0) is 14.2. The van der Waals surface area contributed by atoms with E-state index in [0.29, 0.717) is 18.7 Å². The Labute approximate surface area is 116 Å². The largest absolute Gasteiger partial charge is 0.477 e. The summed E-state index contributed by atoms with van der Waals surface area (Å²) in [5.41, 5.74) is -0.574. The van der Waals surface area contributed by atoms with Crippen molar-refractivity contribution in [1.82, 2.24) is 0 Å². The van der Waals surface area contributed by atoms with Crippen LogP contribution in [-0.2, 0) is 4.79 Å². The maximum atomic E-state index is 11.7. The normalized spacial score (nSPS) is 18.7. The van der Waals surface area contributed by atoms with Gasteiger partial charge in [-0.05, 0) is 12.1 Å². The summed E-state index contributed by atoms with van der Waals surface area (Å²) in [7, 11) is 0. The van der Waals surface area contributed by atoms with Gasteiger partial charge in [-0.2, -0.15) is 0 Å². The lowest BCUT2D eigenvalue weighted by molar-refractivity contribution is -0.385. The SMILES string of the molecule is O=C(O)c1ccc(N2CC(Br)CC2=O)cc1[N+](=O)[O-]. The van der Waals surface area contributed by atoms with Crippen LogP contribution >= 0.6 is 15.9 Å². The molecule has 1 atom stereocenters. The lowest BCUT2D eigenvalue weighted by Crippen LogP contribution is -2.24. The van der Waals surface area contributed by atoms with Crippen molar-refractivity contribution in [2.24, 2.45) is 0 Å². The van der Waals surface area contributed by atoms with Crippen LogP contribution in [0.4, 0.5) is 11.4 Å². The Morgan fingerprint density at radius 1 is 1.53 bits per heavy atom. The Balaban J connectivity index is 2.44. The van der Waals surface area contributed by atoms with Gasteiger partial charge in [-0.15, -0.1) is 0 Å². The second-order valence-corrected chi connectivity index (χ2v) is 5.36. The van der Waals surface area contributed by atoms with Crippen molar-refractivity contribution in [3.63, 3.8) is 0 Å². The molecule has 19 heavy (non-hydrogen) atoms. The topological polar surface area (TPSA) is 101 Å². The number of carbonyl (C=O) groups excluding carboxylic acids is 1. The molecule has 0 spiro atoms. The quantitative estimate of drug-likeness (QED) is 0.518. The van der Waals surface area contributed by atoms with E-state index >= 15 is 0 Å². The van der Waals surface area contributed by atoms with Crippen molar-refractivity contribution in [2.45, 2.75) is 11.2 Å². The molecule has 1 aromatic rings. The van der Waals surface area contributed by atoms with E-state index in [1.807, 2.05) is 0 Å². The fourth-order valence-electron chi connectivity index (χ4n) is 1.93. The number of nitro groups is 1. The highest BCUT2D eigenvalue weighted by Gasteiger charge is 2.30. The number of carboxylic acid groups (broad SMARTS) is 1. The van der Waals surface area contributed by atoms with Crippen molar-refractivity contribution in [2.75, 3.05) is 11.4 Å². The Hall–Kier alpha value is -1.96. The van der Waals surface area contributed by atoms with E-state index in [0.717, 1.165) is 12.1 Å². The molecule has 1 aromatic carbocycles. The molecular weight excluding hydrogens is 320 g/mol. The summed E-state index contributed by atoms with van der Waals surface area (Å²) in [4.78, 5) is 34.1. The van der Waals surface area contributed by atoms with Gasteiger partial charge in [0, 0.05) is 23.9 Å². The zero-order valence-corrected chi connectivity index (χ0v) is 11.2. The molecule has 1 aliphatic heterocycles. The molecule has 1 fully saturated rings. The molecule has 7 nitrogen and oxygen atoms in total. The summed E-state index contributed by atoms with van der Waals surface area (Å²) in [6, 6.07) is 3.66. The van der Waals surface area contributed by atoms with Crippen LogP contribution in [0.5, 0.6) is 0 Å². The summed E-state index contributed by atoms with van der Waals surface area (Å²) < 4.78 is 0. The van der Waals surface area contributed by atoms with E-state index < -0.39 is 22.1 Å². The molecule has 1 amide bonds. The van der Waals surface area contributed by atoms with E-state index in [9.17, 15) is 19.7 Å². The van der Waals surface area contributed by atoms with Gasteiger partial charge in [0.15, 0.2) is 0 Å². The smallest absolute Gasteiger partial charge is 0.342 e. The zero-order valence-electron chi connectivity index (χ0n) is 9.58. The number of hydrogen-bond acceptors (Lipinski definition) is 4. The Kier molecular flexibility index (Phi) is 3.52. The summed E-state index contributed by atoms with van der Waals surface area (Å²) in [6.45, 7) is 0.405. The Bertz CT molecular complexity index is 574. The third-order valence-corrected chi connectivity index (χ3v) is 3.41. The number of carbonyl (C=O) groups is 2. The second-order valence-electron chi connectivity index (χ2n) is 4.07. The number of aromatic carboxylic acids is 1. The van der Waals surface area contributed by atoms with Crippen LogP contribution in [-0.4, -0.2) is 33.3 Å². The molecule has 8 heteroatoms. The van der Waals surface area contributed by atoms with Crippen molar-refractivity contribution in [3.05, 3.63) is 33.9 Å². The van der Waals surface area contributed by atoms with Gasteiger partial charge in [0.1, 0.15) is 5.56 Å². The van der Waals surface area contributed by atoms with Gasteiger partial charge in [0.25, 0.3) is 5.69 Å². The first-order valence-electron chi connectivity index (χ1n) is 5.36. The molecule has 0 bridgehead atoms. The minimum atomic E-state index is -1.37. The number of nitrogens with zero attached hydrogens (tertiary/aromatic N) is 2. The number of amides is 1. The number of alkyl halides is 1. The number of halogens is 1. The number of carboxylic acids is 1. The van der Waals surface area contributed by atoms with Gasteiger partial charge in [-0.3, -0.25) is 14.9 Å². The van der Waals surface area contributed by atoms with E-state index in [2.05, 4.69) is 15.9 Å². The molecule has 0 saturated carbocycles. The first-order valence-corrected chi connectivity index (χ1v) is 6.28. The maximum Gasteiger partial charge on any atom is 0.342 e. The van der Waals surface area contributed by atoms with Crippen LogP contribution in [0.3, 0.4) is 0 Å². The first-order chi connectivity index (χ1) is 8.90. The second kappa shape index (κ2) is 4.96. The average Bonchev–Trinajstić information content (AvgIpc) is 2.67. The van der Waals surface area contributed by atoms with Crippen LogP contribution < -0.4 is 4.90 Å². The van der Waals surface area contributed by atoms with E-state index in [1.54, 1.807) is 0 Å². The van der Waals surface area contributed by atoms with Crippen LogP contribution in [0.15, 0.2) is 18.2 Å².